The summed E-state index contributed by atoms with van der Waals surface area (Å²) in [5.74, 6) is -0.431. The van der Waals surface area contributed by atoms with E-state index in [2.05, 4.69) is 15.5 Å². The normalized spacial score (nSPS) is 21.3. The predicted molar refractivity (Wildman–Crippen MR) is 86.3 cm³/mol. The Bertz CT molecular complexity index is 518. The van der Waals surface area contributed by atoms with E-state index in [9.17, 15) is 9.18 Å². The van der Waals surface area contributed by atoms with E-state index in [0.717, 1.165) is 38.2 Å². The number of ether oxygens (including phenoxy) is 1. The number of nitrogens with zero attached hydrogens (tertiary/aromatic N) is 1. The molecule has 22 heavy (non-hydrogen) atoms. The summed E-state index contributed by atoms with van der Waals surface area (Å²) in [7, 11) is 0. The number of anilines is 2. The van der Waals surface area contributed by atoms with E-state index in [0.29, 0.717) is 18.9 Å². The van der Waals surface area contributed by atoms with Crippen molar-refractivity contribution in [2.45, 2.75) is 18.9 Å². The van der Waals surface area contributed by atoms with Crippen molar-refractivity contribution in [2.24, 2.45) is 0 Å². The lowest BCUT2D eigenvalue weighted by molar-refractivity contribution is -0.117. The van der Waals surface area contributed by atoms with Crippen molar-refractivity contribution >= 4 is 29.7 Å². The van der Waals surface area contributed by atoms with Gasteiger partial charge in [-0.15, -0.1) is 12.4 Å². The monoisotopic (exact) mass is 329 g/mol. The van der Waals surface area contributed by atoms with Crippen LogP contribution in [0.4, 0.5) is 15.8 Å². The average Bonchev–Trinajstić information content (AvgIpc) is 3.02. The van der Waals surface area contributed by atoms with Crippen LogP contribution < -0.4 is 15.5 Å². The average molecular weight is 330 g/mol. The third kappa shape index (κ3) is 4.09. The van der Waals surface area contributed by atoms with Gasteiger partial charge in [-0.05, 0) is 37.6 Å². The third-order valence-corrected chi connectivity index (χ3v) is 3.90. The fourth-order valence-corrected chi connectivity index (χ4v) is 2.79. The number of carbonyl (C=O) groups excluding carboxylic acids is 1. The number of halogens is 2. The molecule has 0 saturated carbocycles. The topological polar surface area (TPSA) is 53.6 Å². The molecule has 2 aliphatic heterocycles. The Morgan fingerprint density at radius 3 is 2.77 bits per heavy atom. The second-order valence-electron chi connectivity index (χ2n) is 5.44. The highest BCUT2D eigenvalue weighted by atomic mass is 35.5. The van der Waals surface area contributed by atoms with Crippen LogP contribution in [0, 0.1) is 5.82 Å². The fraction of sp³-hybridized carbons (Fsp3) is 0.533. The first-order chi connectivity index (χ1) is 10.2. The van der Waals surface area contributed by atoms with Gasteiger partial charge in [-0.3, -0.25) is 4.79 Å². The zero-order chi connectivity index (χ0) is 14.7. The minimum Gasteiger partial charge on any atom is -0.378 e. The molecule has 5 nitrogen and oxygen atoms in total. The quantitative estimate of drug-likeness (QED) is 0.887. The van der Waals surface area contributed by atoms with Gasteiger partial charge in [-0.25, -0.2) is 4.39 Å². The van der Waals surface area contributed by atoms with Crippen LogP contribution in [0.2, 0.25) is 0 Å². The lowest BCUT2D eigenvalue weighted by Crippen LogP contribution is -2.37. The van der Waals surface area contributed by atoms with Crippen LogP contribution in [0.1, 0.15) is 12.8 Å². The summed E-state index contributed by atoms with van der Waals surface area (Å²) in [5.41, 5.74) is 1.29. The number of amides is 1. The smallest absolute Gasteiger partial charge is 0.241 e. The van der Waals surface area contributed by atoms with Crippen molar-refractivity contribution in [2.75, 3.05) is 43.1 Å². The molecule has 0 bridgehead atoms. The van der Waals surface area contributed by atoms with Gasteiger partial charge in [0, 0.05) is 24.5 Å². The first-order valence-electron chi connectivity index (χ1n) is 7.40. The van der Waals surface area contributed by atoms with Crippen molar-refractivity contribution in [3.63, 3.8) is 0 Å². The predicted octanol–water partition coefficient (Wildman–Crippen LogP) is 1.77. The maximum Gasteiger partial charge on any atom is 0.241 e. The molecule has 2 saturated heterocycles. The minimum atomic E-state index is -0.339. The Morgan fingerprint density at radius 1 is 1.32 bits per heavy atom. The summed E-state index contributed by atoms with van der Waals surface area (Å²) in [5, 5.41) is 5.94. The van der Waals surface area contributed by atoms with E-state index in [1.165, 1.54) is 12.1 Å². The summed E-state index contributed by atoms with van der Waals surface area (Å²) in [6.45, 7) is 3.62. The van der Waals surface area contributed by atoms with Gasteiger partial charge in [0.1, 0.15) is 5.82 Å². The Balaban J connectivity index is 0.00000176. The summed E-state index contributed by atoms with van der Waals surface area (Å²) in [6, 6.07) is 4.51. The maximum absolute atomic E-state index is 13.8. The second-order valence-corrected chi connectivity index (χ2v) is 5.44. The SMILES string of the molecule is Cl.O=C(Nc1cc(F)cc(N2CCOCC2)c1)[C@@H]1CCCN1. The van der Waals surface area contributed by atoms with Crippen LogP contribution in [0.3, 0.4) is 0 Å². The number of morpholine rings is 1. The van der Waals surface area contributed by atoms with Gasteiger partial charge in [0.25, 0.3) is 0 Å². The Labute approximate surface area is 135 Å². The van der Waals surface area contributed by atoms with Gasteiger partial charge in [0.05, 0.1) is 19.3 Å². The van der Waals surface area contributed by atoms with E-state index in [-0.39, 0.29) is 30.2 Å². The van der Waals surface area contributed by atoms with Gasteiger partial charge >= 0.3 is 0 Å². The number of hydrogen-bond donors (Lipinski definition) is 2. The Hall–Kier alpha value is -1.37. The van der Waals surface area contributed by atoms with Crippen molar-refractivity contribution in [1.82, 2.24) is 5.32 Å². The summed E-state index contributed by atoms with van der Waals surface area (Å²) in [6.07, 6.45) is 1.83. The van der Waals surface area contributed by atoms with Gasteiger partial charge in [-0.1, -0.05) is 0 Å². The second kappa shape index (κ2) is 7.76. The van der Waals surface area contributed by atoms with Gasteiger partial charge in [0.2, 0.25) is 5.91 Å². The van der Waals surface area contributed by atoms with E-state index >= 15 is 0 Å². The number of nitrogens with one attached hydrogen (secondary N) is 2. The summed E-state index contributed by atoms with van der Waals surface area (Å²) < 4.78 is 19.1. The van der Waals surface area contributed by atoms with Crippen LogP contribution in [0.15, 0.2) is 18.2 Å². The molecular formula is C15H21ClFN3O2. The maximum atomic E-state index is 13.8. The molecule has 2 N–H and O–H groups in total. The zero-order valence-corrected chi connectivity index (χ0v) is 13.1. The Morgan fingerprint density at radius 2 is 2.09 bits per heavy atom. The van der Waals surface area contributed by atoms with Crippen LogP contribution >= 0.6 is 12.4 Å². The third-order valence-electron chi connectivity index (χ3n) is 3.90. The highest BCUT2D eigenvalue weighted by Crippen LogP contribution is 2.23. The molecular weight excluding hydrogens is 309 g/mol. The molecule has 1 aromatic carbocycles. The van der Waals surface area contributed by atoms with E-state index in [1.54, 1.807) is 0 Å². The molecule has 0 radical (unpaired) electrons. The van der Waals surface area contributed by atoms with Crippen molar-refractivity contribution in [3.05, 3.63) is 24.0 Å². The molecule has 2 fully saturated rings. The molecule has 2 aliphatic rings. The van der Waals surface area contributed by atoms with Crippen LogP contribution in [0.25, 0.3) is 0 Å². The number of rotatable bonds is 3. The highest BCUT2D eigenvalue weighted by Gasteiger charge is 2.22. The van der Waals surface area contributed by atoms with Crippen molar-refractivity contribution in [1.29, 1.82) is 0 Å². The fourth-order valence-electron chi connectivity index (χ4n) is 2.79. The van der Waals surface area contributed by atoms with Gasteiger partial charge in [-0.2, -0.15) is 0 Å². The summed E-state index contributed by atoms with van der Waals surface area (Å²) >= 11 is 0. The molecule has 0 aromatic heterocycles. The molecule has 1 aromatic rings. The van der Waals surface area contributed by atoms with E-state index in [4.69, 9.17) is 4.74 Å². The molecule has 1 amide bonds. The standard InChI is InChI=1S/C15H20FN3O2.ClH/c16-11-8-12(18-15(20)14-2-1-3-17-14)10-13(9-11)19-4-6-21-7-5-19;/h8-10,14,17H,1-7H2,(H,18,20);1H/t14-;/m0./s1. The van der Waals surface area contributed by atoms with E-state index < -0.39 is 0 Å². The van der Waals surface area contributed by atoms with Crippen LogP contribution in [0.5, 0.6) is 0 Å². The summed E-state index contributed by atoms with van der Waals surface area (Å²) in [4.78, 5) is 14.1. The lowest BCUT2D eigenvalue weighted by atomic mass is 10.2. The van der Waals surface area contributed by atoms with Gasteiger partial charge < -0.3 is 20.3 Å². The first kappa shape index (κ1) is 17.0. The highest BCUT2D eigenvalue weighted by molar-refractivity contribution is 5.95. The molecule has 0 aliphatic carbocycles. The largest absolute Gasteiger partial charge is 0.378 e. The lowest BCUT2D eigenvalue weighted by Gasteiger charge is -2.29. The van der Waals surface area contributed by atoms with E-state index in [1.807, 2.05) is 6.07 Å². The first-order valence-corrected chi connectivity index (χ1v) is 7.40. The number of benzene rings is 1. The molecule has 1 atom stereocenters. The molecule has 2 heterocycles. The molecule has 3 rings (SSSR count). The molecule has 0 unspecified atom stereocenters. The van der Waals surface area contributed by atoms with Crippen LogP contribution in [-0.4, -0.2) is 44.8 Å². The number of carbonyl (C=O) groups is 1. The molecule has 0 spiro atoms. The Kier molecular flexibility index (Phi) is 5.99. The molecule has 7 heteroatoms. The van der Waals surface area contributed by atoms with Crippen molar-refractivity contribution < 1.29 is 13.9 Å². The van der Waals surface area contributed by atoms with Gasteiger partial charge in [0.15, 0.2) is 0 Å². The minimum absolute atomic E-state index is 0. The number of hydrogen-bond acceptors (Lipinski definition) is 4. The zero-order valence-electron chi connectivity index (χ0n) is 12.3. The van der Waals surface area contributed by atoms with Crippen molar-refractivity contribution in [3.8, 4) is 0 Å². The molecule has 122 valence electrons. The van der Waals surface area contributed by atoms with Crippen LogP contribution in [-0.2, 0) is 9.53 Å².